The van der Waals surface area contributed by atoms with Crippen molar-refractivity contribution in [2.75, 3.05) is 5.73 Å². The van der Waals surface area contributed by atoms with Gasteiger partial charge in [-0.2, -0.15) is 0 Å². The summed E-state index contributed by atoms with van der Waals surface area (Å²) in [6.07, 6.45) is 2.57. The Balaban J connectivity index is 2.27. The number of anilines is 1. The van der Waals surface area contributed by atoms with E-state index in [4.69, 9.17) is 17.3 Å². The van der Waals surface area contributed by atoms with Gasteiger partial charge in [0.15, 0.2) is 0 Å². The van der Waals surface area contributed by atoms with Gasteiger partial charge in [-0.3, -0.25) is 0 Å². The van der Waals surface area contributed by atoms with Crippen LogP contribution in [0.4, 0.5) is 5.82 Å². The summed E-state index contributed by atoms with van der Waals surface area (Å²) in [7, 11) is 0. The van der Waals surface area contributed by atoms with Crippen molar-refractivity contribution < 1.29 is 5.11 Å². The first kappa shape index (κ1) is 15.4. The molecule has 3 N–H and O–H groups in total. The van der Waals surface area contributed by atoms with Gasteiger partial charge in [-0.1, -0.05) is 48.9 Å². The lowest BCUT2D eigenvalue weighted by Gasteiger charge is -2.16. The lowest BCUT2D eigenvalue weighted by molar-refractivity contribution is 0.475. The van der Waals surface area contributed by atoms with E-state index in [0.717, 1.165) is 34.2 Å². The van der Waals surface area contributed by atoms with Gasteiger partial charge in [0.2, 0.25) is 0 Å². The molecule has 0 aliphatic rings. The number of phenolic OH excluding ortho intramolecular Hbond substituents is 1. The van der Waals surface area contributed by atoms with Crippen molar-refractivity contribution >= 4 is 17.4 Å². The third-order valence-corrected chi connectivity index (χ3v) is 4.22. The zero-order valence-electron chi connectivity index (χ0n) is 12.8. The monoisotopic (exact) mass is 324 g/mol. The van der Waals surface area contributed by atoms with Gasteiger partial charge in [-0.05, 0) is 35.7 Å². The van der Waals surface area contributed by atoms with Crippen molar-refractivity contribution in [3.63, 3.8) is 0 Å². The van der Waals surface area contributed by atoms with Crippen molar-refractivity contribution in [1.82, 2.24) is 4.98 Å². The summed E-state index contributed by atoms with van der Waals surface area (Å²) in [4.78, 5) is 4.36. The number of nitrogen functional groups attached to an aromatic ring is 1. The molecule has 23 heavy (non-hydrogen) atoms. The zero-order chi connectivity index (χ0) is 16.4. The highest BCUT2D eigenvalue weighted by Crippen LogP contribution is 2.38. The minimum absolute atomic E-state index is 0.223. The van der Waals surface area contributed by atoms with Crippen LogP contribution in [0.3, 0.4) is 0 Å². The molecule has 0 saturated carbocycles. The fourth-order valence-corrected chi connectivity index (χ4v) is 3.03. The molecular weight excluding hydrogens is 308 g/mol. The summed E-state index contributed by atoms with van der Waals surface area (Å²) in [5.74, 6) is 0.698. The van der Waals surface area contributed by atoms with Crippen LogP contribution in [-0.2, 0) is 6.42 Å². The summed E-state index contributed by atoms with van der Waals surface area (Å²) in [6.45, 7) is 2.08. The summed E-state index contributed by atoms with van der Waals surface area (Å²) in [6, 6.07) is 14.7. The highest BCUT2D eigenvalue weighted by Gasteiger charge is 2.16. The molecule has 0 aliphatic heterocycles. The van der Waals surface area contributed by atoms with Crippen LogP contribution >= 0.6 is 11.6 Å². The molecule has 3 aromatic rings. The summed E-state index contributed by atoms with van der Waals surface area (Å²) >= 11 is 6.35. The first-order valence-corrected chi connectivity index (χ1v) is 7.81. The molecule has 0 bridgehead atoms. The lowest BCUT2D eigenvalue weighted by Crippen LogP contribution is -2.01. The Hall–Kier alpha value is -2.52. The molecule has 3 nitrogen and oxygen atoms in total. The fourth-order valence-electron chi connectivity index (χ4n) is 2.80. The Morgan fingerprint density at radius 2 is 1.74 bits per heavy atom. The van der Waals surface area contributed by atoms with Gasteiger partial charge in [0.1, 0.15) is 11.6 Å². The molecule has 0 atom stereocenters. The van der Waals surface area contributed by atoms with Crippen LogP contribution in [0.25, 0.3) is 22.3 Å². The molecular formula is C19H17ClN2O. The maximum atomic E-state index is 9.50. The second kappa shape index (κ2) is 6.31. The number of phenols is 1. The summed E-state index contributed by atoms with van der Waals surface area (Å²) < 4.78 is 0. The molecule has 0 fully saturated rings. The number of pyridine rings is 1. The molecule has 0 amide bonds. The van der Waals surface area contributed by atoms with E-state index in [2.05, 4.69) is 11.9 Å². The first-order chi connectivity index (χ1) is 11.1. The molecule has 1 aromatic heterocycles. The van der Waals surface area contributed by atoms with Gasteiger partial charge < -0.3 is 10.8 Å². The van der Waals surface area contributed by atoms with Crippen molar-refractivity contribution in [2.24, 2.45) is 0 Å². The lowest BCUT2D eigenvalue weighted by atomic mass is 9.92. The molecule has 2 aromatic carbocycles. The largest absolute Gasteiger partial charge is 0.508 e. The minimum atomic E-state index is 0.223. The number of benzene rings is 2. The average Bonchev–Trinajstić information content (AvgIpc) is 2.56. The van der Waals surface area contributed by atoms with Crippen molar-refractivity contribution in [1.29, 1.82) is 0 Å². The van der Waals surface area contributed by atoms with Gasteiger partial charge in [0.05, 0.1) is 0 Å². The molecule has 0 spiro atoms. The van der Waals surface area contributed by atoms with Gasteiger partial charge in [-0.25, -0.2) is 4.98 Å². The van der Waals surface area contributed by atoms with Gasteiger partial charge in [0, 0.05) is 27.9 Å². The Labute approximate surface area is 140 Å². The Morgan fingerprint density at radius 3 is 2.39 bits per heavy atom. The van der Waals surface area contributed by atoms with Crippen molar-refractivity contribution in [3.05, 3.63) is 65.3 Å². The number of hydrogen-bond donors (Lipinski definition) is 2. The molecule has 4 heteroatoms. The number of hydrogen-bond acceptors (Lipinski definition) is 3. The average molecular weight is 325 g/mol. The van der Waals surface area contributed by atoms with Crippen LogP contribution < -0.4 is 5.73 Å². The van der Waals surface area contributed by atoms with Crippen LogP contribution in [0.1, 0.15) is 12.5 Å². The maximum absolute atomic E-state index is 9.50. The van der Waals surface area contributed by atoms with Gasteiger partial charge in [-0.15, -0.1) is 0 Å². The first-order valence-electron chi connectivity index (χ1n) is 7.43. The van der Waals surface area contributed by atoms with Crippen LogP contribution in [0.2, 0.25) is 5.02 Å². The quantitative estimate of drug-likeness (QED) is 0.719. The predicted octanol–water partition coefficient (Wildman–Crippen LogP) is 4.92. The SMILES string of the molecule is CCc1c(-c2ccccc2Cl)cnc(N)c1-c1ccc(O)cc1. The van der Waals surface area contributed by atoms with E-state index < -0.39 is 0 Å². The number of halogens is 1. The second-order valence-electron chi connectivity index (χ2n) is 5.29. The Bertz CT molecular complexity index is 844. The van der Waals surface area contributed by atoms with Crippen LogP contribution in [0.15, 0.2) is 54.7 Å². The van der Waals surface area contributed by atoms with E-state index in [-0.39, 0.29) is 5.75 Å². The number of nitrogens with zero attached hydrogens (tertiary/aromatic N) is 1. The standard InChI is InChI=1S/C19H17ClN2O/c1-2-14-16(15-5-3-4-6-17(15)20)11-22-19(21)18(14)12-7-9-13(23)10-8-12/h3-11,23H,2H2,1H3,(H2,21,22). The smallest absolute Gasteiger partial charge is 0.131 e. The summed E-state index contributed by atoms with van der Waals surface area (Å²) in [5.41, 5.74) is 11.0. The second-order valence-corrected chi connectivity index (χ2v) is 5.70. The van der Waals surface area contributed by atoms with Crippen LogP contribution in [-0.4, -0.2) is 10.1 Å². The van der Waals surface area contributed by atoms with E-state index in [1.54, 1.807) is 18.3 Å². The Kier molecular flexibility index (Phi) is 4.22. The van der Waals surface area contributed by atoms with Crippen LogP contribution in [0.5, 0.6) is 5.75 Å². The Morgan fingerprint density at radius 1 is 1.04 bits per heavy atom. The fraction of sp³-hybridized carbons (Fsp3) is 0.105. The van der Waals surface area contributed by atoms with Gasteiger partial charge in [0.25, 0.3) is 0 Å². The molecule has 1 heterocycles. The third kappa shape index (κ3) is 2.88. The van der Waals surface area contributed by atoms with E-state index in [9.17, 15) is 5.11 Å². The number of nitrogens with two attached hydrogens (primary N) is 1. The van der Waals surface area contributed by atoms with Crippen molar-refractivity contribution in [3.8, 4) is 28.0 Å². The molecule has 0 aliphatic carbocycles. The zero-order valence-corrected chi connectivity index (χ0v) is 13.5. The van der Waals surface area contributed by atoms with Crippen molar-refractivity contribution in [2.45, 2.75) is 13.3 Å². The molecule has 0 radical (unpaired) electrons. The molecule has 116 valence electrons. The van der Waals surface area contributed by atoms with E-state index in [0.29, 0.717) is 10.8 Å². The molecule has 0 saturated heterocycles. The summed E-state index contributed by atoms with van der Waals surface area (Å²) in [5, 5.41) is 10.2. The highest BCUT2D eigenvalue weighted by atomic mass is 35.5. The van der Waals surface area contributed by atoms with Crippen LogP contribution in [0, 0.1) is 0 Å². The third-order valence-electron chi connectivity index (χ3n) is 3.89. The number of aromatic nitrogens is 1. The van der Waals surface area contributed by atoms with E-state index in [1.807, 2.05) is 36.4 Å². The number of rotatable bonds is 3. The minimum Gasteiger partial charge on any atom is -0.508 e. The maximum Gasteiger partial charge on any atom is 0.131 e. The molecule has 3 rings (SSSR count). The molecule has 0 unspecified atom stereocenters. The normalized spacial score (nSPS) is 10.7. The van der Waals surface area contributed by atoms with E-state index >= 15 is 0 Å². The number of aromatic hydroxyl groups is 1. The topological polar surface area (TPSA) is 59.1 Å². The highest BCUT2D eigenvalue weighted by molar-refractivity contribution is 6.33. The predicted molar refractivity (Wildman–Crippen MR) is 95.6 cm³/mol. The van der Waals surface area contributed by atoms with Gasteiger partial charge >= 0.3 is 0 Å². The van der Waals surface area contributed by atoms with E-state index in [1.165, 1.54) is 0 Å².